The van der Waals surface area contributed by atoms with Crippen molar-refractivity contribution < 1.29 is 23.1 Å². The zero-order valence-electron chi connectivity index (χ0n) is 18.3. The van der Waals surface area contributed by atoms with Gasteiger partial charge in [-0.1, -0.05) is 12.1 Å². The predicted octanol–water partition coefficient (Wildman–Crippen LogP) is 1.70. The molecule has 1 saturated heterocycles. The molecule has 4 rings (SSSR count). The fourth-order valence-electron chi connectivity index (χ4n) is 4.04. The van der Waals surface area contributed by atoms with E-state index in [4.69, 9.17) is 0 Å². The van der Waals surface area contributed by atoms with Crippen LogP contribution in [0.25, 0.3) is 0 Å². The summed E-state index contributed by atoms with van der Waals surface area (Å²) in [5.74, 6) is -0.636. The highest BCUT2D eigenvalue weighted by Gasteiger charge is 2.45. The molecule has 1 aliphatic carbocycles. The van der Waals surface area contributed by atoms with Crippen LogP contribution in [0.2, 0.25) is 0 Å². The van der Waals surface area contributed by atoms with Gasteiger partial charge >= 0.3 is 5.97 Å². The second-order valence-electron chi connectivity index (χ2n) is 8.42. The highest BCUT2D eigenvalue weighted by atomic mass is 32.2. The van der Waals surface area contributed by atoms with Crippen LogP contribution in [0.3, 0.4) is 0 Å². The minimum Gasteiger partial charge on any atom is -0.479 e. The standard InChI is InChI=1S/C23H26N4O5S/c1-33(31,32)18-7-4-6-17(16-18)21(28)27-14-12-26(13-15-27)20(19-8-2-3-11-24-19)25-23(22(29)30)9-5-10-23/h2-4,6-8,11,16H,5,9-10,12-15H2,1H3,(H,29,30)/b25-20+. The number of hydrogen-bond donors (Lipinski definition) is 1. The van der Waals surface area contributed by atoms with Crippen LogP contribution in [0.5, 0.6) is 0 Å². The smallest absolute Gasteiger partial charge is 0.331 e. The van der Waals surface area contributed by atoms with E-state index in [1.807, 2.05) is 11.0 Å². The zero-order chi connectivity index (χ0) is 23.6. The number of nitrogens with zero attached hydrogens (tertiary/aromatic N) is 4. The highest BCUT2D eigenvalue weighted by molar-refractivity contribution is 7.90. The van der Waals surface area contributed by atoms with Crippen molar-refractivity contribution in [2.45, 2.75) is 29.7 Å². The Morgan fingerprint density at radius 3 is 2.27 bits per heavy atom. The van der Waals surface area contributed by atoms with Crippen molar-refractivity contribution in [1.29, 1.82) is 0 Å². The van der Waals surface area contributed by atoms with Crippen LogP contribution >= 0.6 is 0 Å². The van der Waals surface area contributed by atoms with Crippen LogP contribution in [0.15, 0.2) is 58.5 Å². The third-order valence-corrected chi connectivity index (χ3v) is 7.28. The molecule has 2 fully saturated rings. The lowest BCUT2D eigenvalue weighted by Crippen LogP contribution is -2.53. The van der Waals surface area contributed by atoms with E-state index in [1.165, 1.54) is 12.1 Å². The number of piperazine rings is 1. The summed E-state index contributed by atoms with van der Waals surface area (Å²) in [5, 5.41) is 9.76. The Bertz CT molecular complexity index is 1180. The molecule has 1 aliphatic heterocycles. The number of pyridine rings is 1. The number of rotatable bonds is 5. The van der Waals surface area contributed by atoms with E-state index in [0.29, 0.717) is 56.1 Å². The monoisotopic (exact) mass is 470 g/mol. The maximum absolute atomic E-state index is 13.0. The van der Waals surface area contributed by atoms with Gasteiger partial charge in [0.15, 0.2) is 21.2 Å². The summed E-state index contributed by atoms with van der Waals surface area (Å²) in [6.45, 7) is 1.72. The molecule has 33 heavy (non-hydrogen) atoms. The van der Waals surface area contributed by atoms with Gasteiger partial charge in [0.2, 0.25) is 0 Å². The third kappa shape index (κ3) is 4.75. The molecule has 174 valence electrons. The maximum Gasteiger partial charge on any atom is 0.331 e. The summed E-state index contributed by atoms with van der Waals surface area (Å²) >= 11 is 0. The van der Waals surface area contributed by atoms with Gasteiger partial charge in [-0.15, -0.1) is 0 Å². The molecular weight excluding hydrogens is 444 g/mol. The number of aliphatic carboxylic acids is 1. The fraction of sp³-hybridized carbons (Fsp3) is 0.391. The fourth-order valence-corrected chi connectivity index (χ4v) is 4.70. The number of amides is 1. The Kier molecular flexibility index (Phi) is 6.20. The van der Waals surface area contributed by atoms with Gasteiger partial charge < -0.3 is 14.9 Å². The first-order valence-electron chi connectivity index (χ1n) is 10.8. The van der Waals surface area contributed by atoms with E-state index in [-0.39, 0.29) is 10.8 Å². The van der Waals surface area contributed by atoms with E-state index < -0.39 is 21.3 Å². The predicted molar refractivity (Wildman–Crippen MR) is 122 cm³/mol. The molecule has 2 aliphatic rings. The number of carbonyl (C=O) groups excluding carboxylic acids is 1. The van der Waals surface area contributed by atoms with Gasteiger partial charge in [-0.2, -0.15) is 0 Å². The van der Waals surface area contributed by atoms with Crippen LogP contribution < -0.4 is 0 Å². The van der Waals surface area contributed by atoms with Crippen LogP contribution in [0, 0.1) is 0 Å². The maximum atomic E-state index is 13.0. The van der Waals surface area contributed by atoms with E-state index in [2.05, 4.69) is 9.98 Å². The lowest BCUT2D eigenvalue weighted by atomic mass is 9.77. The van der Waals surface area contributed by atoms with Crippen molar-refractivity contribution in [3.8, 4) is 0 Å². The van der Waals surface area contributed by atoms with Crippen molar-refractivity contribution in [2.75, 3.05) is 32.4 Å². The number of hydrogen-bond acceptors (Lipinski definition) is 6. The van der Waals surface area contributed by atoms with Crippen molar-refractivity contribution in [3.63, 3.8) is 0 Å². The topological polar surface area (TPSA) is 120 Å². The Labute approximate surface area is 192 Å². The second-order valence-corrected chi connectivity index (χ2v) is 10.4. The van der Waals surface area contributed by atoms with Crippen molar-refractivity contribution in [2.24, 2.45) is 4.99 Å². The number of sulfone groups is 1. The van der Waals surface area contributed by atoms with Crippen LogP contribution in [0.1, 0.15) is 35.3 Å². The van der Waals surface area contributed by atoms with E-state index in [9.17, 15) is 23.1 Å². The lowest BCUT2D eigenvalue weighted by molar-refractivity contribution is -0.146. The van der Waals surface area contributed by atoms with Gasteiger partial charge in [-0.05, 0) is 49.6 Å². The molecular formula is C23H26N4O5S. The van der Waals surface area contributed by atoms with Gasteiger partial charge in [0.1, 0.15) is 5.69 Å². The minimum absolute atomic E-state index is 0.107. The SMILES string of the molecule is CS(=O)(=O)c1cccc(C(=O)N2CCN(/C(=N/C3(C(=O)O)CCC3)c3ccccn3)CC2)c1. The molecule has 1 N–H and O–H groups in total. The van der Waals surface area contributed by atoms with E-state index in [0.717, 1.165) is 12.7 Å². The highest BCUT2D eigenvalue weighted by Crippen LogP contribution is 2.37. The van der Waals surface area contributed by atoms with Gasteiger partial charge in [0.05, 0.1) is 4.90 Å². The number of amidine groups is 1. The zero-order valence-corrected chi connectivity index (χ0v) is 19.2. The van der Waals surface area contributed by atoms with Gasteiger partial charge in [-0.3, -0.25) is 9.78 Å². The molecule has 10 heteroatoms. The van der Waals surface area contributed by atoms with Crippen LogP contribution in [-0.2, 0) is 14.6 Å². The molecule has 0 radical (unpaired) electrons. The number of benzene rings is 1. The molecule has 2 aromatic rings. The summed E-state index contributed by atoms with van der Waals surface area (Å²) in [5.41, 5.74) is -0.193. The van der Waals surface area contributed by atoms with Gasteiger partial charge in [0.25, 0.3) is 5.91 Å². The van der Waals surface area contributed by atoms with E-state index in [1.54, 1.807) is 35.4 Å². The van der Waals surface area contributed by atoms with Crippen molar-refractivity contribution >= 4 is 27.5 Å². The summed E-state index contributed by atoms with van der Waals surface area (Å²) in [7, 11) is -3.41. The molecule has 0 bridgehead atoms. The van der Waals surface area contributed by atoms with Gasteiger partial charge in [-0.25, -0.2) is 18.2 Å². The first-order chi connectivity index (χ1) is 15.7. The Morgan fingerprint density at radius 1 is 1.03 bits per heavy atom. The summed E-state index contributed by atoms with van der Waals surface area (Å²) in [4.78, 5) is 37.7. The number of carboxylic acid groups (broad SMARTS) is 1. The molecule has 1 amide bonds. The first kappa shape index (κ1) is 22.9. The normalized spacial score (nSPS) is 18.5. The Balaban J connectivity index is 1.54. The largest absolute Gasteiger partial charge is 0.479 e. The molecule has 9 nitrogen and oxygen atoms in total. The molecule has 0 atom stereocenters. The molecule has 0 unspecified atom stereocenters. The second kappa shape index (κ2) is 8.93. The molecule has 2 heterocycles. The Morgan fingerprint density at radius 2 is 1.73 bits per heavy atom. The van der Waals surface area contributed by atoms with Crippen molar-refractivity contribution in [1.82, 2.24) is 14.8 Å². The van der Waals surface area contributed by atoms with Gasteiger partial charge in [0, 0.05) is 44.2 Å². The number of carboxylic acids is 1. The average molecular weight is 471 g/mol. The molecule has 1 aromatic heterocycles. The van der Waals surface area contributed by atoms with Crippen LogP contribution in [-0.4, -0.2) is 84.0 Å². The van der Waals surface area contributed by atoms with E-state index >= 15 is 0 Å². The molecule has 0 spiro atoms. The molecule has 1 aromatic carbocycles. The summed E-state index contributed by atoms with van der Waals surface area (Å²) < 4.78 is 23.7. The number of aromatic nitrogens is 1. The van der Waals surface area contributed by atoms with Crippen LogP contribution in [0.4, 0.5) is 0 Å². The minimum atomic E-state index is -3.41. The van der Waals surface area contributed by atoms with Crippen molar-refractivity contribution in [3.05, 3.63) is 59.9 Å². The number of carbonyl (C=O) groups is 2. The summed E-state index contributed by atoms with van der Waals surface area (Å²) in [6, 6.07) is 11.5. The third-order valence-electron chi connectivity index (χ3n) is 6.17. The average Bonchev–Trinajstić information content (AvgIpc) is 2.78. The molecule has 1 saturated carbocycles. The number of aliphatic imine (C=N–C) groups is 1. The lowest BCUT2D eigenvalue weighted by Gasteiger charge is -2.39. The Hall–Kier alpha value is -3.27. The summed E-state index contributed by atoms with van der Waals surface area (Å²) in [6.07, 6.45) is 4.56. The quantitative estimate of drug-likeness (QED) is 0.522. The first-order valence-corrected chi connectivity index (χ1v) is 12.7.